The fourth-order valence-corrected chi connectivity index (χ4v) is 3.59. The third kappa shape index (κ3) is 1.39. The Kier molecular flexibility index (Phi) is 1.97. The van der Waals surface area contributed by atoms with E-state index >= 15 is 0 Å². The van der Waals surface area contributed by atoms with Crippen molar-refractivity contribution in [1.29, 1.82) is 0 Å². The van der Waals surface area contributed by atoms with Gasteiger partial charge in [-0.15, -0.1) is 11.3 Å². The second-order valence-electron chi connectivity index (χ2n) is 4.41. The standard InChI is InChI=1S/C14H10N4S/c15-12-11-10-8-4-2-1-3-7(8)5-6-9(10)19-13(11)18-14(16)17-12/h1-6H,(H4,15,16,17,18). The number of fused-ring (bicyclic) bond motifs is 5. The van der Waals surface area contributed by atoms with E-state index < -0.39 is 0 Å². The first-order valence-corrected chi connectivity index (χ1v) is 6.68. The van der Waals surface area contributed by atoms with Gasteiger partial charge in [-0.1, -0.05) is 30.3 Å². The number of anilines is 2. The summed E-state index contributed by atoms with van der Waals surface area (Å²) in [6, 6.07) is 12.5. The molecule has 0 aliphatic carbocycles. The molecule has 0 unspecified atom stereocenters. The van der Waals surface area contributed by atoms with Crippen LogP contribution in [-0.2, 0) is 0 Å². The highest BCUT2D eigenvalue weighted by Crippen LogP contribution is 2.39. The molecular weight excluding hydrogens is 256 g/mol. The maximum absolute atomic E-state index is 6.03. The van der Waals surface area contributed by atoms with Gasteiger partial charge in [0, 0.05) is 10.1 Å². The van der Waals surface area contributed by atoms with Crippen LogP contribution in [0.5, 0.6) is 0 Å². The van der Waals surface area contributed by atoms with E-state index in [9.17, 15) is 0 Å². The van der Waals surface area contributed by atoms with E-state index in [4.69, 9.17) is 11.5 Å². The summed E-state index contributed by atoms with van der Waals surface area (Å²) in [7, 11) is 0. The molecule has 2 aromatic heterocycles. The van der Waals surface area contributed by atoms with Gasteiger partial charge in [-0.25, -0.2) is 4.98 Å². The van der Waals surface area contributed by atoms with E-state index in [2.05, 4.69) is 34.2 Å². The first-order valence-electron chi connectivity index (χ1n) is 5.87. The molecular formula is C14H10N4S. The molecule has 0 fully saturated rings. The number of nitrogens with two attached hydrogens (primary N) is 2. The SMILES string of the molecule is Nc1nc(N)c2c(n1)sc1ccc3ccccc3c12. The van der Waals surface area contributed by atoms with Gasteiger partial charge in [-0.3, -0.25) is 0 Å². The van der Waals surface area contributed by atoms with Crippen LogP contribution in [0.25, 0.3) is 31.1 Å². The van der Waals surface area contributed by atoms with Crippen molar-refractivity contribution in [2.24, 2.45) is 0 Å². The average Bonchev–Trinajstić information content (AvgIpc) is 2.77. The summed E-state index contributed by atoms with van der Waals surface area (Å²) in [4.78, 5) is 9.21. The first-order chi connectivity index (χ1) is 9.24. The lowest BCUT2D eigenvalue weighted by Gasteiger charge is -2.01. The van der Waals surface area contributed by atoms with Crippen molar-refractivity contribution < 1.29 is 0 Å². The van der Waals surface area contributed by atoms with Gasteiger partial charge in [-0.05, 0) is 16.8 Å². The van der Waals surface area contributed by atoms with Gasteiger partial charge in [0.25, 0.3) is 0 Å². The summed E-state index contributed by atoms with van der Waals surface area (Å²) < 4.78 is 1.15. The van der Waals surface area contributed by atoms with Gasteiger partial charge < -0.3 is 11.5 Å². The molecule has 4 nitrogen and oxygen atoms in total. The van der Waals surface area contributed by atoms with Crippen molar-refractivity contribution >= 4 is 54.2 Å². The smallest absolute Gasteiger partial charge is 0.223 e. The fraction of sp³-hybridized carbons (Fsp3) is 0. The maximum Gasteiger partial charge on any atom is 0.223 e. The number of nitrogen functional groups attached to an aromatic ring is 2. The van der Waals surface area contributed by atoms with Gasteiger partial charge in [-0.2, -0.15) is 4.98 Å². The highest BCUT2D eigenvalue weighted by Gasteiger charge is 2.13. The summed E-state index contributed by atoms with van der Waals surface area (Å²) in [6.45, 7) is 0. The topological polar surface area (TPSA) is 77.8 Å². The minimum Gasteiger partial charge on any atom is -0.383 e. The molecule has 0 radical (unpaired) electrons. The van der Waals surface area contributed by atoms with Crippen LogP contribution in [0.15, 0.2) is 36.4 Å². The fourth-order valence-electron chi connectivity index (χ4n) is 2.48. The van der Waals surface area contributed by atoms with Crippen molar-refractivity contribution in [3.8, 4) is 0 Å². The second kappa shape index (κ2) is 3.55. The van der Waals surface area contributed by atoms with Crippen LogP contribution in [-0.4, -0.2) is 9.97 Å². The molecule has 0 amide bonds. The number of thiophene rings is 1. The van der Waals surface area contributed by atoms with E-state index in [0.29, 0.717) is 5.82 Å². The Bertz CT molecular complexity index is 942. The number of hydrogen-bond donors (Lipinski definition) is 2. The molecule has 0 saturated heterocycles. The predicted octanol–water partition coefficient (Wildman–Crippen LogP) is 3.16. The van der Waals surface area contributed by atoms with Crippen molar-refractivity contribution in [1.82, 2.24) is 9.97 Å². The molecule has 4 rings (SSSR count). The Morgan fingerprint density at radius 2 is 1.74 bits per heavy atom. The molecule has 0 saturated carbocycles. The Morgan fingerprint density at radius 3 is 2.63 bits per heavy atom. The Hall–Kier alpha value is -2.40. The van der Waals surface area contributed by atoms with Crippen LogP contribution >= 0.6 is 11.3 Å². The number of benzene rings is 2. The van der Waals surface area contributed by atoms with E-state index in [1.54, 1.807) is 11.3 Å². The molecule has 4 N–H and O–H groups in total. The second-order valence-corrected chi connectivity index (χ2v) is 5.44. The molecule has 4 aromatic rings. The van der Waals surface area contributed by atoms with Crippen LogP contribution in [0.1, 0.15) is 0 Å². The predicted molar refractivity (Wildman–Crippen MR) is 81.3 cm³/mol. The lowest BCUT2D eigenvalue weighted by Crippen LogP contribution is -1.98. The van der Waals surface area contributed by atoms with Gasteiger partial charge in [0.2, 0.25) is 5.95 Å². The molecule has 2 aromatic carbocycles. The van der Waals surface area contributed by atoms with Gasteiger partial charge >= 0.3 is 0 Å². The van der Waals surface area contributed by atoms with Crippen molar-refractivity contribution in [2.45, 2.75) is 0 Å². The summed E-state index contributed by atoms with van der Waals surface area (Å²) in [5.74, 6) is 0.672. The quantitative estimate of drug-likeness (QED) is 0.512. The number of nitrogens with zero attached hydrogens (tertiary/aromatic N) is 2. The van der Waals surface area contributed by atoms with Crippen molar-refractivity contribution in [3.05, 3.63) is 36.4 Å². The Labute approximate surface area is 112 Å². The molecule has 0 spiro atoms. The number of hydrogen-bond acceptors (Lipinski definition) is 5. The Balaban J connectivity index is 2.36. The number of aromatic nitrogens is 2. The Morgan fingerprint density at radius 1 is 0.895 bits per heavy atom. The maximum atomic E-state index is 6.03. The largest absolute Gasteiger partial charge is 0.383 e. The number of rotatable bonds is 0. The van der Waals surface area contributed by atoms with Gasteiger partial charge in [0.05, 0.1) is 5.39 Å². The lowest BCUT2D eigenvalue weighted by molar-refractivity contribution is 1.26. The van der Waals surface area contributed by atoms with Gasteiger partial charge in [0.15, 0.2) is 0 Å². The van der Waals surface area contributed by atoms with Crippen LogP contribution in [0.3, 0.4) is 0 Å². The lowest BCUT2D eigenvalue weighted by atomic mass is 10.1. The summed E-state index contributed by atoms with van der Waals surface area (Å²) in [6.07, 6.45) is 0. The molecule has 0 aliphatic heterocycles. The minimum absolute atomic E-state index is 0.223. The van der Waals surface area contributed by atoms with Crippen LogP contribution in [0.2, 0.25) is 0 Å². The highest BCUT2D eigenvalue weighted by atomic mass is 32.1. The van der Waals surface area contributed by atoms with Crippen LogP contribution < -0.4 is 11.5 Å². The van der Waals surface area contributed by atoms with E-state index in [1.807, 2.05) is 12.1 Å². The molecule has 0 atom stereocenters. The molecule has 0 bridgehead atoms. The minimum atomic E-state index is 0.223. The molecule has 92 valence electrons. The monoisotopic (exact) mass is 266 g/mol. The first kappa shape index (κ1) is 10.5. The van der Waals surface area contributed by atoms with Crippen molar-refractivity contribution in [3.63, 3.8) is 0 Å². The molecule has 0 aliphatic rings. The van der Waals surface area contributed by atoms with E-state index in [1.165, 1.54) is 10.8 Å². The summed E-state index contributed by atoms with van der Waals surface area (Å²) in [5, 5.41) is 4.39. The van der Waals surface area contributed by atoms with Crippen molar-refractivity contribution in [2.75, 3.05) is 11.5 Å². The van der Waals surface area contributed by atoms with Gasteiger partial charge in [0.1, 0.15) is 10.6 Å². The third-order valence-corrected chi connectivity index (χ3v) is 4.32. The average molecular weight is 266 g/mol. The van der Waals surface area contributed by atoms with E-state index in [0.717, 1.165) is 20.3 Å². The van der Waals surface area contributed by atoms with Crippen LogP contribution in [0.4, 0.5) is 11.8 Å². The summed E-state index contributed by atoms with van der Waals surface area (Å²) >= 11 is 1.59. The zero-order chi connectivity index (χ0) is 13.0. The molecule has 2 heterocycles. The van der Waals surface area contributed by atoms with E-state index in [-0.39, 0.29) is 5.95 Å². The zero-order valence-corrected chi connectivity index (χ0v) is 10.7. The zero-order valence-electron chi connectivity index (χ0n) is 9.92. The normalized spacial score (nSPS) is 11.6. The third-order valence-electron chi connectivity index (χ3n) is 3.27. The van der Waals surface area contributed by atoms with Crippen LogP contribution in [0, 0.1) is 0 Å². The highest BCUT2D eigenvalue weighted by molar-refractivity contribution is 7.25. The summed E-state index contributed by atoms with van der Waals surface area (Å²) in [5.41, 5.74) is 11.7. The molecule has 5 heteroatoms. The molecule has 19 heavy (non-hydrogen) atoms.